The molecule has 0 aromatic heterocycles. The first-order valence-electron chi connectivity index (χ1n) is 11.7. The molecule has 0 saturated carbocycles. The van der Waals surface area contributed by atoms with E-state index in [1.54, 1.807) is 31.4 Å². The summed E-state index contributed by atoms with van der Waals surface area (Å²) >= 11 is 1.26. The predicted molar refractivity (Wildman–Crippen MR) is 142 cm³/mol. The van der Waals surface area contributed by atoms with Gasteiger partial charge in [-0.05, 0) is 53.8 Å². The van der Waals surface area contributed by atoms with Gasteiger partial charge in [-0.1, -0.05) is 73.3 Å². The molecule has 1 aliphatic rings. The molecule has 182 valence electrons. The number of benzene rings is 3. The van der Waals surface area contributed by atoms with Gasteiger partial charge in [-0.15, -0.1) is 0 Å². The van der Waals surface area contributed by atoms with E-state index in [2.05, 4.69) is 30.4 Å². The number of carbonyl (C=O) groups is 2. The molecule has 3 aromatic carbocycles. The van der Waals surface area contributed by atoms with Crippen LogP contribution in [-0.4, -0.2) is 24.2 Å². The molecule has 0 radical (unpaired) electrons. The van der Waals surface area contributed by atoms with E-state index < -0.39 is 11.2 Å². The van der Waals surface area contributed by atoms with Gasteiger partial charge in [0.2, 0.25) is 5.91 Å². The number of nitrogens with zero attached hydrogens (tertiary/aromatic N) is 2. The van der Waals surface area contributed by atoms with Gasteiger partial charge in [-0.2, -0.15) is 5.26 Å². The Bertz CT molecular complexity index is 1300. The Morgan fingerprint density at radius 1 is 1.00 bits per heavy atom. The summed E-state index contributed by atoms with van der Waals surface area (Å²) in [6, 6.07) is 26.7. The third-order valence-corrected chi connectivity index (χ3v) is 7.25. The molecule has 4 rings (SSSR count). The topological polar surface area (TPSA) is 82.4 Å². The Morgan fingerprint density at radius 3 is 2.28 bits per heavy atom. The zero-order chi connectivity index (χ0) is 25.5. The maximum atomic E-state index is 13.6. The molecular weight excluding hydrogens is 470 g/mol. The summed E-state index contributed by atoms with van der Waals surface area (Å²) in [6.45, 7) is 2.38. The normalized spacial score (nSPS) is 16.4. The lowest BCUT2D eigenvalue weighted by molar-refractivity contribution is -0.117. The molecule has 1 heterocycles. The molecule has 3 aromatic rings. The number of nitrogens with one attached hydrogen (secondary N) is 1. The Hall–Kier alpha value is -4.02. The zero-order valence-electron chi connectivity index (χ0n) is 20.2. The van der Waals surface area contributed by atoms with Crippen LogP contribution in [0.3, 0.4) is 0 Å². The first-order chi connectivity index (χ1) is 17.5. The predicted octanol–water partition coefficient (Wildman–Crippen LogP) is 5.00. The smallest absolute Gasteiger partial charge is 0.264 e. The summed E-state index contributed by atoms with van der Waals surface area (Å²) in [5.41, 5.74) is 3.68. The fourth-order valence-electron chi connectivity index (χ4n) is 3.94. The van der Waals surface area contributed by atoms with Crippen molar-refractivity contribution >= 4 is 29.3 Å². The third-order valence-electron chi connectivity index (χ3n) is 5.98. The molecule has 1 atom stereocenters. The van der Waals surface area contributed by atoms with Gasteiger partial charge in [0.1, 0.15) is 22.4 Å². The fourth-order valence-corrected chi connectivity index (χ4v) is 5.25. The Balaban J connectivity index is 1.66. The number of nitriles is 1. The third kappa shape index (κ3) is 5.61. The second-order valence-corrected chi connectivity index (χ2v) is 9.50. The standard InChI is InChI=1S/C29H27N3O3S/c1-3-20-9-11-21(12-10-20)17-26-28(34)32(23-13-15-24(35-2)16-14-23)29(36-26)25(18-30)27(33)31-19-22-7-5-4-6-8-22/h4-16,26H,3,17,19H2,1-2H3,(H,31,33)/b29-25-. The number of amides is 2. The van der Waals surface area contributed by atoms with Crippen molar-refractivity contribution in [1.29, 1.82) is 5.26 Å². The highest BCUT2D eigenvalue weighted by atomic mass is 32.2. The van der Waals surface area contributed by atoms with Gasteiger partial charge >= 0.3 is 0 Å². The van der Waals surface area contributed by atoms with Crippen molar-refractivity contribution < 1.29 is 14.3 Å². The molecule has 6 nitrogen and oxygen atoms in total. The monoisotopic (exact) mass is 497 g/mol. The molecule has 0 spiro atoms. The fraction of sp³-hybridized carbons (Fsp3) is 0.207. The molecule has 0 bridgehead atoms. The molecule has 1 N–H and O–H groups in total. The highest BCUT2D eigenvalue weighted by Crippen LogP contribution is 2.42. The van der Waals surface area contributed by atoms with Crippen LogP contribution >= 0.6 is 11.8 Å². The number of methoxy groups -OCH3 is 1. The lowest BCUT2D eigenvalue weighted by Crippen LogP contribution is -2.32. The van der Waals surface area contributed by atoms with Gasteiger partial charge in [-0.25, -0.2) is 0 Å². The number of aryl methyl sites for hydroxylation is 1. The minimum atomic E-state index is -0.511. The first-order valence-corrected chi connectivity index (χ1v) is 12.6. The summed E-state index contributed by atoms with van der Waals surface area (Å²) < 4.78 is 5.25. The number of rotatable bonds is 8. The molecule has 1 aliphatic heterocycles. The quantitative estimate of drug-likeness (QED) is 0.350. The molecular formula is C29H27N3O3S. The van der Waals surface area contributed by atoms with E-state index in [0.29, 0.717) is 22.9 Å². The van der Waals surface area contributed by atoms with Crippen molar-refractivity contribution in [3.05, 3.63) is 106 Å². The van der Waals surface area contributed by atoms with Crippen molar-refractivity contribution in [2.45, 2.75) is 31.6 Å². The van der Waals surface area contributed by atoms with Gasteiger partial charge in [-0.3, -0.25) is 14.5 Å². The maximum Gasteiger partial charge on any atom is 0.264 e. The SMILES string of the molecule is CCc1ccc(CC2S/C(=C(/C#N)C(=O)NCc3ccccc3)N(c3ccc(OC)cc3)C2=O)cc1. The number of carbonyl (C=O) groups excluding carboxylic acids is 2. The van der Waals surface area contributed by atoms with Gasteiger partial charge in [0.15, 0.2) is 0 Å². The molecule has 1 unspecified atom stereocenters. The number of ether oxygens (including phenoxy) is 1. The Kier molecular flexibility index (Phi) is 8.09. The molecule has 0 aliphatic carbocycles. The largest absolute Gasteiger partial charge is 0.497 e. The molecule has 1 fully saturated rings. The Morgan fingerprint density at radius 2 is 1.67 bits per heavy atom. The summed E-state index contributed by atoms with van der Waals surface area (Å²) in [5.74, 6) is -0.0243. The zero-order valence-corrected chi connectivity index (χ0v) is 21.0. The van der Waals surface area contributed by atoms with Crippen molar-refractivity contribution in [3.8, 4) is 11.8 Å². The lowest BCUT2D eigenvalue weighted by Gasteiger charge is -2.19. The average Bonchev–Trinajstić information content (AvgIpc) is 3.24. The van der Waals surface area contributed by atoms with E-state index in [1.807, 2.05) is 42.5 Å². The van der Waals surface area contributed by atoms with Crippen molar-refractivity contribution in [2.24, 2.45) is 0 Å². The van der Waals surface area contributed by atoms with Crippen LogP contribution in [0.15, 0.2) is 89.5 Å². The van der Waals surface area contributed by atoms with Gasteiger partial charge < -0.3 is 10.1 Å². The number of hydrogen-bond donors (Lipinski definition) is 1. The highest BCUT2D eigenvalue weighted by Gasteiger charge is 2.40. The van der Waals surface area contributed by atoms with Crippen molar-refractivity contribution in [1.82, 2.24) is 5.32 Å². The Labute approximate surface area is 215 Å². The number of thioether (sulfide) groups is 1. The van der Waals surface area contributed by atoms with Crippen LogP contribution in [0.5, 0.6) is 5.75 Å². The second-order valence-electron chi connectivity index (χ2n) is 8.31. The summed E-state index contributed by atoms with van der Waals surface area (Å²) in [5, 5.41) is 12.7. The van der Waals surface area contributed by atoms with E-state index in [1.165, 1.54) is 22.2 Å². The van der Waals surface area contributed by atoms with Gasteiger partial charge in [0.05, 0.1) is 12.4 Å². The van der Waals surface area contributed by atoms with Crippen LogP contribution in [0.2, 0.25) is 0 Å². The molecule has 36 heavy (non-hydrogen) atoms. The maximum absolute atomic E-state index is 13.6. The number of anilines is 1. The van der Waals surface area contributed by atoms with Crippen LogP contribution in [0.25, 0.3) is 0 Å². The summed E-state index contributed by atoms with van der Waals surface area (Å²) in [6.07, 6.45) is 1.44. The van der Waals surface area contributed by atoms with E-state index in [0.717, 1.165) is 17.5 Å². The summed E-state index contributed by atoms with van der Waals surface area (Å²) in [7, 11) is 1.57. The van der Waals surface area contributed by atoms with E-state index in [-0.39, 0.29) is 18.0 Å². The summed E-state index contributed by atoms with van der Waals surface area (Å²) in [4.78, 5) is 28.2. The van der Waals surface area contributed by atoms with Gasteiger partial charge in [0.25, 0.3) is 5.91 Å². The lowest BCUT2D eigenvalue weighted by atomic mass is 10.1. The first kappa shape index (κ1) is 25.1. The molecule has 7 heteroatoms. The van der Waals surface area contributed by atoms with Crippen LogP contribution in [0.1, 0.15) is 23.6 Å². The number of hydrogen-bond acceptors (Lipinski definition) is 5. The minimum absolute atomic E-state index is 0.0797. The van der Waals surface area contributed by atoms with Crippen LogP contribution in [-0.2, 0) is 29.0 Å². The van der Waals surface area contributed by atoms with E-state index in [9.17, 15) is 14.9 Å². The van der Waals surface area contributed by atoms with Gasteiger partial charge in [0, 0.05) is 12.2 Å². The molecule has 1 saturated heterocycles. The van der Waals surface area contributed by atoms with Crippen molar-refractivity contribution in [3.63, 3.8) is 0 Å². The second kappa shape index (κ2) is 11.6. The average molecular weight is 498 g/mol. The van der Waals surface area contributed by atoms with Crippen LogP contribution in [0.4, 0.5) is 5.69 Å². The van der Waals surface area contributed by atoms with Crippen LogP contribution in [0, 0.1) is 11.3 Å². The van der Waals surface area contributed by atoms with E-state index in [4.69, 9.17) is 4.74 Å². The van der Waals surface area contributed by atoms with Crippen molar-refractivity contribution in [2.75, 3.05) is 12.0 Å². The minimum Gasteiger partial charge on any atom is -0.497 e. The highest BCUT2D eigenvalue weighted by molar-refractivity contribution is 8.05. The molecule has 2 amide bonds. The van der Waals surface area contributed by atoms with E-state index >= 15 is 0 Å². The van der Waals surface area contributed by atoms with Crippen LogP contribution < -0.4 is 15.0 Å².